The van der Waals surface area contributed by atoms with Gasteiger partial charge in [-0.15, -0.1) is 0 Å². The van der Waals surface area contributed by atoms with Gasteiger partial charge in [-0.25, -0.2) is 23.7 Å². The minimum absolute atomic E-state index is 0.0264. The van der Waals surface area contributed by atoms with Crippen LogP contribution in [0.1, 0.15) is 12.8 Å². The van der Waals surface area contributed by atoms with E-state index in [-0.39, 0.29) is 46.0 Å². The third-order valence-corrected chi connectivity index (χ3v) is 6.12. The van der Waals surface area contributed by atoms with Gasteiger partial charge in [0.05, 0.1) is 38.1 Å². The van der Waals surface area contributed by atoms with Crippen LogP contribution in [0.2, 0.25) is 5.15 Å². The van der Waals surface area contributed by atoms with Crippen LogP contribution in [0.15, 0.2) is 31.0 Å². The van der Waals surface area contributed by atoms with Crippen molar-refractivity contribution in [3.05, 3.63) is 47.8 Å². The highest BCUT2D eigenvalue weighted by molar-refractivity contribution is 6.34. The molecule has 2 aromatic heterocycles. The molecule has 8 nitrogen and oxygen atoms in total. The molecule has 11 heteroatoms. The molecule has 35 heavy (non-hydrogen) atoms. The summed E-state index contributed by atoms with van der Waals surface area (Å²) in [7, 11) is 2.52. The molecule has 0 amide bonds. The maximum absolute atomic E-state index is 15.0. The van der Waals surface area contributed by atoms with Crippen LogP contribution in [-0.4, -0.2) is 54.2 Å². The quantitative estimate of drug-likeness (QED) is 0.351. The van der Waals surface area contributed by atoms with Crippen LogP contribution in [0.3, 0.4) is 0 Å². The monoisotopic (exact) mass is 504 g/mol. The smallest absolute Gasteiger partial charge is 0.223 e. The van der Waals surface area contributed by atoms with Crippen molar-refractivity contribution >= 4 is 34.2 Å². The Morgan fingerprint density at radius 2 is 1.97 bits per heavy atom. The number of hydrogen-bond acceptors (Lipinski definition) is 8. The highest BCUT2D eigenvalue weighted by Gasteiger charge is 2.28. The summed E-state index contributed by atoms with van der Waals surface area (Å²) >= 11 is 6.38. The fourth-order valence-corrected chi connectivity index (χ4v) is 4.24. The number of halogens is 3. The zero-order valence-electron chi connectivity index (χ0n) is 19.1. The molecule has 0 bridgehead atoms. The molecular weight excluding hydrogens is 482 g/mol. The fourth-order valence-electron chi connectivity index (χ4n) is 4.00. The van der Waals surface area contributed by atoms with Crippen LogP contribution < -0.4 is 14.8 Å². The van der Waals surface area contributed by atoms with Crippen LogP contribution in [-0.2, 0) is 9.53 Å². The van der Waals surface area contributed by atoms with Crippen LogP contribution in [0.5, 0.6) is 11.5 Å². The summed E-state index contributed by atoms with van der Waals surface area (Å²) in [4.78, 5) is 24.8. The number of anilines is 1. The maximum atomic E-state index is 15.0. The predicted molar refractivity (Wildman–Crippen MR) is 127 cm³/mol. The molecule has 0 spiro atoms. The summed E-state index contributed by atoms with van der Waals surface area (Å²) in [6, 6.07) is 2.35. The van der Waals surface area contributed by atoms with E-state index >= 15 is 0 Å². The van der Waals surface area contributed by atoms with Crippen molar-refractivity contribution in [2.24, 2.45) is 5.92 Å². The number of allylic oxidation sites excluding steroid dienone is 1. The van der Waals surface area contributed by atoms with Crippen LogP contribution in [0.25, 0.3) is 22.2 Å². The molecule has 0 unspecified atom stereocenters. The number of carbonyl (C=O) groups is 1. The summed E-state index contributed by atoms with van der Waals surface area (Å²) in [6.07, 6.45) is 3.83. The van der Waals surface area contributed by atoms with Crippen molar-refractivity contribution in [1.82, 2.24) is 15.0 Å². The van der Waals surface area contributed by atoms with Gasteiger partial charge in [0.1, 0.15) is 5.52 Å². The lowest BCUT2D eigenvalue weighted by Crippen LogP contribution is -2.40. The Morgan fingerprint density at radius 1 is 1.26 bits per heavy atom. The molecule has 3 heterocycles. The predicted octanol–water partition coefficient (Wildman–Crippen LogP) is 4.60. The van der Waals surface area contributed by atoms with Gasteiger partial charge in [-0.2, -0.15) is 0 Å². The Kier molecular flexibility index (Phi) is 7.42. The number of rotatable bonds is 8. The van der Waals surface area contributed by atoms with E-state index < -0.39 is 17.2 Å². The van der Waals surface area contributed by atoms with Crippen LogP contribution in [0, 0.1) is 17.6 Å². The van der Waals surface area contributed by atoms with E-state index in [4.69, 9.17) is 25.8 Å². The Morgan fingerprint density at radius 3 is 2.63 bits per heavy atom. The van der Waals surface area contributed by atoms with Crippen LogP contribution >= 0.6 is 11.6 Å². The molecule has 3 aromatic rings. The molecule has 2 atom stereocenters. The van der Waals surface area contributed by atoms with Gasteiger partial charge in [-0.3, -0.25) is 4.79 Å². The first-order chi connectivity index (χ1) is 16.9. The van der Waals surface area contributed by atoms with E-state index in [1.807, 2.05) is 0 Å². The molecule has 0 radical (unpaired) electrons. The molecular formula is C24H23ClF2N4O4. The number of nitrogens with one attached hydrogen (secondary N) is 1. The lowest BCUT2D eigenvalue weighted by atomic mass is 9.90. The van der Waals surface area contributed by atoms with Crippen molar-refractivity contribution in [2.75, 3.05) is 32.8 Å². The molecule has 0 aliphatic carbocycles. The van der Waals surface area contributed by atoms with Gasteiger partial charge >= 0.3 is 0 Å². The van der Waals surface area contributed by atoms with Crippen molar-refractivity contribution in [2.45, 2.75) is 18.9 Å². The second-order valence-corrected chi connectivity index (χ2v) is 8.32. The summed E-state index contributed by atoms with van der Waals surface area (Å²) in [5.74, 6) is -2.04. The van der Waals surface area contributed by atoms with Gasteiger partial charge in [-0.1, -0.05) is 18.2 Å². The van der Waals surface area contributed by atoms with Gasteiger partial charge in [-0.05, 0) is 24.5 Å². The van der Waals surface area contributed by atoms with Crippen molar-refractivity contribution < 1.29 is 27.8 Å². The van der Waals surface area contributed by atoms with Gasteiger partial charge in [0.2, 0.25) is 5.95 Å². The van der Waals surface area contributed by atoms with Crippen LogP contribution in [0.4, 0.5) is 14.7 Å². The molecule has 1 N–H and O–H groups in total. The average molecular weight is 505 g/mol. The molecule has 0 saturated carbocycles. The lowest BCUT2D eigenvalue weighted by molar-refractivity contribution is -0.116. The highest BCUT2D eigenvalue weighted by atomic mass is 35.5. The van der Waals surface area contributed by atoms with E-state index in [1.165, 1.54) is 32.6 Å². The molecule has 1 saturated heterocycles. The number of pyridine rings is 1. The zero-order chi connectivity index (χ0) is 25.1. The third kappa shape index (κ3) is 5.03. The first-order valence-corrected chi connectivity index (χ1v) is 11.2. The largest absolute Gasteiger partial charge is 0.494 e. The topological polar surface area (TPSA) is 95.5 Å². The second kappa shape index (κ2) is 10.5. The minimum atomic E-state index is -0.940. The summed E-state index contributed by atoms with van der Waals surface area (Å²) in [5, 5.41) is 3.55. The summed E-state index contributed by atoms with van der Waals surface area (Å²) < 4.78 is 45.5. The average Bonchev–Trinajstić information content (AvgIpc) is 2.86. The second-order valence-electron chi connectivity index (χ2n) is 7.96. The number of carbonyl (C=O) groups excluding carboxylic acids is 1. The number of methoxy groups -OCH3 is 2. The highest BCUT2D eigenvalue weighted by Crippen LogP contribution is 2.38. The van der Waals surface area contributed by atoms with E-state index in [1.54, 1.807) is 0 Å². The van der Waals surface area contributed by atoms with E-state index in [9.17, 15) is 13.6 Å². The molecule has 1 aromatic carbocycles. The SMILES string of the molecule is C=CC(=O)C[C@H]1CCOC[C@H]1Nc1ncc2cc(-c3c(F)c(OC)cc(OC)c3F)nc(Cl)c2n1. The van der Waals surface area contributed by atoms with Gasteiger partial charge in [0.25, 0.3) is 0 Å². The number of fused-ring (bicyclic) bond motifs is 1. The molecule has 1 aliphatic rings. The minimum Gasteiger partial charge on any atom is -0.494 e. The first-order valence-electron chi connectivity index (χ1n) is 10.8. The summed E-state index contributed by atoms with van der Waals surface area (Å²) in [6.45, 7) is 4.48. The Labute approximate surface area is 205 Å². The zero-order valence-corrected chi connectivity index (χ0v) is 19.9. The van der Waals surface area contributed by atoms with E-state index in [0.29, 0.717) is 37.0 Å². The van der Waals surface area contributed by atoms with Gasteiger partial charge in [0, 0.05) is 30.7 Å². The maximum Gasteiger partial charge on any atom is 0.223 e. The summed E-state index contributed by atoms with van der Waals surface area (Å²) in [5.41, 5.74) is -0.219. The number of nitrogens with zero attached hydrogens (tertiary/aromatic N) is 3. The normalized spacial score (nSPS) is 17.7. The first kappa shape index (κ1) is 24.7. The number of hydrogen-bond donors (Lipinski definition) is 1. The van der Waals surface area contributed by atoms with E-state index in [2.05, 4.69) is 26.8 Å². The Bertz CT molecular complexity index is 1260. The molecule has 4 rings (SSSR count). The lowest BCUT2D eigenvalue weighted by Gasteiger charge is -2.31. The van der Waals surface area contributed by atoms with Gasteiger partial charge in [0.15, 0.2) is 34.1 Å². The fraction of sp³-hybridized carbons (Fsp3) is 0.333. The van der Waals surface area contributed by atoms with Crippen molar-refractivity contribution in [1.29, 1.82) is 0 Å². The molecule has 1 fully saturated rings. The Balaban J connectivity index is 1.69. The number of benzene rings is 1. The van der Waals surface area contributed by atoms with E-state index in [0.717, 1.165) is 6.07 Å². The molecule has 184 valence electrons. The Hall–Kier alpha value is -3.37. The number of ether oxygens (including phenoxy) is 3. The molecule has 1 aliphatic heterocycles. The van der Waals surface area contributed by atoms with Crippen molar-refractivity contribution in [3.8, 4) is 22.8 Å². The van der Waals surface area contributed by atoms with Crippen molar-refractivity contribution in [3.63, 3.8) is 0 Å². The number of aromatic nitrogens is 3. The standard InChI is InChI=1S/C24H23ClF2N4O4/c1-4-14(32)7-12-5-6-35-11-16(12)30-24-28-10-13-8-15(29-23(25)22(13)31-24)19-20(26)17(33-2)9-18(34-3)21(19)27/h4,8-10,12,16H,1,5-7,11H2,2-3H3,(H,28,30,31)/t12-,16-/m1/s1. The number of ketones is 1. The third-order valence-electron chi connectivity index (χ3n) is 5.86. The van der Waals surface area contributed by atoms with Gasteiger partial charge < -0.3 is 19.5 Å².